The Morgan fingerprint density at radius 3 is 2.09 bits per heavy atom. The van der Waals surface area contributed by atoms with E-state index in [1.54, 1.807) is 17.7 Å². The maximum Gasteiger partial charge on any atom is 0.416 e. The van der Waals surface area contributed by atoms with Gasteiger partial charge in [-0.05, 0) is 72.6 Å². The Morgan fingerprint density at radius 2 is 1.56 bits per heavy atom. The first-order chi connectivity index (χ1) is 20.3. The molecule has 1 amide bonds. The van der Waals surface area contributed by atoms with Crippen LogP contribution in [-0.2, 0) is 39.5 Å². The quantitative estimate of drug-likeness (QED) is 0.242. The summed E-state index contributed by atoms with van der Waals surface area (Å²) in [4.78, 5) is 16.4. The minimum Gasteiger partial charge on any atom is -0.347 e. The molecule has 0 unspecified atom stereocenters. The normalized spacial score (nSPS) is 15.8. The predicted molar refractivity (Wildman–Crippen MR) is 145 cm³/mol. The van der Waals surface area contributed by atoms with Crippen molar-refractivity contribution in [1.29, 1.82) is 0 Å². The van der Waals surface area contributed by atoms with Crippen LogP contribution in [0.15, 0.2) is 42.5 Å². The van der Waals surface area contributed by atoms with E-state index in [-0.39, 0.29) is 36.1 Å². The molecule has 2 aromatic heterocycles. The summed E-state index contributed by atoms with van der Waals surface area (Å²) in [6.45, 7) is -0.485. The Morgan fingerprint density at radius 1 is 0.953 bits per heavy atom. The SMILES string of the molecule is Cn1nnc(N(Cc2cc(C(F)(F)F)cc(C(F)(F)F)c2)Cc2c(C(=O)NC(C3CC3)C3CC3)n(C)c3ccccc23)n1. The maximum atomic E-state index is 13.9. The third-order valence-corrected chi connectivity index (χ3v) is 8.13. The maximum absolute atomic E-state index is 13.9. The number of nitrogens with zero attached hydrogens (tertiary/aromatic N) is 6. The number of carbonyl (C=O) groups excluding carboxylic acids is 1. The van der Waals surface area contributed by atoms with Gasteiger partial charge in [0, 0.05) is 42.6 Å². The van der Waals surface area contributed by atoms with Crippen molar-refractivity contribution in [3.63, 3.8) is 0 Å². The molecule has 14 heteroatoms. The molecule has 2 saturated carbocycles. The van der Waals surface area contributed by atoms with E-state index >= 15 is 0 Å². The molecule has 43 heavy (non-hydrogen) atoms. The first kappa shape index (κ1) is 29.0. The molecule has 0 radical (unpaired) electrons. The Balaban J connectivity index is 1.41. The minimum absolute atomic E-state index is 0.0124. The van der Waals surface area contributed by atoms with Gasteiger partial charge in [-0.1, -0.05) is 23.3 Å². The molecular formula is C29H29F6N7O. The van der Waals surface area contributed by atoms with Gasteiger partial charge >= 0.3 is 12.4 Å². The molecule has 0 atom stereocenters. The van der Waals surface area contributed by atoms with Crippen LogP contribution in [0.4, 0.5) is 32.3 Å². The van der Waals surface area contributed by atoms with Gasteiger partial charge in [-0.25, -0.2) is 0 Å². The van der Waals surface area contributed by atoms with Crippen LogP contribution in [0.3, 0.4) is 0 Å². The van der Waals surface area contributed by atoms with E-state index in [0.29, 0.717) is 35.2 Å². The molecule has 0 saturated heterocycles. The van der Waals surface area contributed by atoms with Crippen LogP contribution in [0.1, 0.15) is 58.4 Å². The molecule has 2 aromatic carbocycles. The van der Waals surface area contributed by atoms with Gasteiger partial charge in [-0.2, -0.15) is 31.1 Å². The molecular weight excluding hydrogens is 576 g/mol. The van der Waals surface area contributed by atoms with Crippen molar-refractivity contribution in [3.05, 3.63) is 70.4 Å². The van der Waals surface area contributed by atoms with Crippen molar-refractivity contribution >= 4 is 22.8 Å². The van der Waals surface area contributed by atoms with Crippen molar-refractivity contribution in [2.75, 3.05) is 4.90 Å². The summed E-state index contributed by atoms with van der Waals surface area (Å²) in [6, 6.07) is 8.85. The number of benzene rings is 2. The third-order valence-electron chi connectivity index (χ3n) is 8.13. The van der Waals surface area contributed by atoms with E-state index in [0.717, 1.165) is 41.4 Å². The highest BCUT2D eigenvalue weighted by Crippen LogP contribution is 2.45. The minimum atomic E-state index is -4.99. The number of hydrogen-bond acceptors (Lipinski definition) is 5. The number of amides is 1. The standard InChI is InChI=1S/C29H29F6N7O/c1-40-23-6-4-3-5-21(23)22(25(40)26(43)36-24(17-7-8-17)18-9-10-18)15-42(27-37-39-41(2)38-27)14-16-11-19(28(30,31)32)13-20(12-16)29(33,34)35/h3-6,11-13,17-18,24H,7-10,14-15H2,1-2H3,(H,36,43). The Hall–Kier alpha value is -4.10. The second-order valence-corrected chi connectivity index (χ2v) is 11.4. The Labute approximate surface area is 242 Å². The van der Waals surface area contributed by atoms with Crippen LogP contribution >= 0.6 is 0 Å². The molecule has 228 valence electrons. The zero-order valence-electron chi connectivity index (χ0n) is 23.4. The third kappa shape index (κ3) is 6.04. The van der Waals surface area contributed by atoms with Crippen molar-refractivity contribution in [1.82, 2.24) is 30.1 Å². The van der Waals surface area contributed by atoms with Crippen molar-refractivity contribution in [2.24, 2.45) is 25.9 Å². The number of hydrogen-bond donors (Lipinski definition) is 1. The van der Waals surface area contributed by atoms with Gasteiger partial charge in [0.25, 0.3) is 11.9 Å². The van der Waals surface area contributed by atoms with Crippen LogP contribution < -0.4 is 10.2 Å². The van der Waals surface area contributed by atoms with Crippen molar-refractivity contribution in [3.8, 4) is 0 Å². The zero-order chi connectivity index (χ0) is 30.7. The number of fused-ring (bicyclic) bond motifs is 1. The van der Waals surface area contributed by atoms with Gasteiger partial charge in [0.15, 0.2) is 0 Å². The summed E-state index contributed by atoms with van der Waals surface area (Å²) < 4.78 is 83.5. The van der Waals surface area contributed by atoms with E-state index in [1.165, 1.54) is 11.9 Å². The first-order valence-electron chi connectivity index (χ1n) is 13.9. The van der Waals surface area contributed by atoms with Crippen molar-refractivity contribution < 1.29 is 31.1 Å². The summed E-state index contributed by atoms with van der Waals surface area (Å²) in [7, 11) is 3.25. The van der Waals surface area contributed by atoms with Crippen LogP contribution in [0, 0.1) is 11.8 Å². The lowest BCUT2D eigenvalue weighted by Crippen LogP contribution is -2.39. The highest BCUT2D eigenvalue weighted by atomic mass is 19.4. The smallest absolute Gasteiger partial charge is 0.347 e. The number of halogens is 6. The number of nitrogens with one attached hydrogen (secondary N) is 1. The molecule has 1 N–H and O–H groups in total. The molecule has 2 aliphatic carbocycles. The summed E-state index contributed by atoms with van der Waals surface area (Å²) in [6.07, 6.45) is -5.74. The summed E-state index contributed by atoms with van der Waals surface area (Å²) in [5.74, 6) is 0.599. The first-order valence-corrected chi connectivity index (χ1v) is 13.9. The van der Waals surface area contributed by atoms with Crippen LogP contribution in [-0.4, -0.2) is 36.7 Å². The fourth-order valence-electron chi connectivity index (χ4n) is 5.79. The van der Waals surface area contributed by atoms with Crippen LogP contribution in [0.5, 0.6) is 0 Å². The monoisotopic (exact) mass is 605 g/mol. The number of aryl methyl sites for hydroxylation is 2. The number of para-hydroxylation sites is 1. The van der Waals surface area contributed by atoms with E-state index in [4.69, 9.17) is 0 Å². The van der Waals surface area contributed by atoms with E-state index < -0.39 is 30.0 Å². The average Bonchev–Trinajstić information content (AvgIpc) is 3.88. The molecule has 0 spiro atoms. The number of anilines is 1. The molecule has 2 fully saturated rings. The van der Waals surface area contributed by atoms with Crippen LogP contribution in [0.2, 0.25) is 0 Å². The lowest BCUT2D eigenvalue weighted by atomic mass is 10.0. The van der Waals surface area contributed by atoms with Gasteiger partial charge in [-0.15, -0.1) is 5.10 Å². The average molecular weight is 606 g/mol. The number of alkyl halides is 6. The lowest BCUT2D eigenvalue weighted by molar-refractivity contribution is -0.143. The van der Waals surface area contributed by atoms with E-state index in [1.807, 2.05) is 18.2 Å². The molecule has 6 rings (SSSR count). The lowest BCUT2D eigenvalue weighted by Gasteiger charge is -2.23. The van der Waals surface area contributed by atoms with E-state index in [2.05, 4.69) is 20.7 Å². The van der Waals surface area contributed by atoms with Crippen LogP contribution in [0.25, 0.3) is 10.9 Å². The van der Waals surface area contributed by atoms with Crippen molar-refractivity contribution in [2.45, 2.75) is 57.2 Å². The zero-order valence-corrected chi connectivity index (χ0v) is 23.4. The molecule has 4 aromatic rings. The second kappa shape index (κ2) is 10.6. The van der Waals surface area contributed by atoms with Gasteiger partial charge in [0.1, 0.15) is 5.69 Å². The van der Waals surface area contributed by atoms with Gasteiger partial charge in [0.2, 0.25) is 0 Å². The van der Waals surface area contributed by atoms with E-state index in [9.17, 15) is 31.1 Å². The number of tetrazole rings is 1. The summed E-state index contributed by atoms with van der Waals surface area (Å²) in [5, 5.41) is 16.0. The van der Waals surface area contributed by atoms with Gasteiger partial charge in [-0.3, -0.25) is 4.79 Å². The van der Waals surface area contributed by atoms with Gasteiger partial charge in [0.05, 0.1) is 18.2 Å². The largest absolute Gasteiger partial charge is 0.416 e. The number of aromatic nitrogens is 5. The fraction of sp³-hybridized carbons (Fsp3) is 0.448. The summed E-state index contributed by atoms with van der Waals surface area (Å²) >= 11 is 0. The Bertz CT molecular complexity index is 1620. The Kier molecular flexibility index (Phi) is 7.12. The van der Waals surface area contributed by atoms with Gasteiger partial charge < -0.3 is 14.8 Å². The molecule has 2 heterocycles. The number of carbonyl (C=O) groups is 1. The molecule has 0 aliphatic heterocycles. The fourth-order valence-corrected chi connectivity index (χ4v) is 5.79. The molecule has 0 bridgehead atoms. The highest BCUT2D eigenvalue weighted by molar-refractivity contribution is 6.02. The highest BCUT2D eigenvalue weighted by Gasteiger charge is 2.43. The predicted octanol–water partition coefficient (Wildman–Crippen LogP) is 5.86. The summed E-state index contributed by atoms with van der Waals surface area (Å²) in [5.41, 5.74) is -1.41. The topological polar surface area (TPSA) is 80.9 Å². The molecule has 8 nitrogen and oxygen atoms in total. The molecule has 2 aliphatic rings. The number of rotatable bonds is 9. The second-order valence-electron chi connectivity index (χ2n) is 11.4.